The van der Waals surface area contributed by atoms with Gasteiger partial charge < -0.3 is 24.8 Å². The molecule has 6 unspecified atom stereocenters. The average molecular weight is 701 g/mol. The minimum absolute atomic E-state index is 0.0280. The van der Waals surface area contributed by atoms with Gasteiger partial charge in [-0.15, -0.1) is 23.5 Å². The van der Waals surface area contributed by atoms with Gasteiger partial charge in [-0.3, -0.25) is 14.4 Å². The van der Waals surface area contributed by atoms with E-state index in [1.165, 1.54) is 0 Å². The van der Waals surface area contributed by atoms with E-state index in [0.717, 1.165) is 96.3 Å². The fourth-order valence-corrected chi connectivity index (χ4v) is 19.2. The van der Waals surface area contributed by atoms with Crippen molar-refractivity contribution in [3.8, 4) is 0 Å². The van der Waals surface area contributed by atoms with E-state index in [1.54, 1.807) is 0 Å². The summed E-state index contributed by atoms with van der Waals surface area (Å²) < 4.78 is 12.7. The Morgan fingerprint density at radius 1 is 0.562 bits per heavy atom. The summed E-state index contributed by atoms with van der Waals surface area (Å²) in [5.74, 6) is 3.25. The largest absolute Gasteiger partial charge is 0.481 e. The van der Waals surface area contributed by atoms with Gasteiger partial charge in [-0.2, -0.15) is 0 Å². The van der Waals surface area contributed by atoms with Gasteiger partial charge in [0.2, 0.25) is 0 Å². The molecule has 0 aromatic rings. The molecule has 1 heterocycles. The molecule has 1 aliphatic heterocycles. The predicted octanol–water partition coefficient (Wildman–Crippen LogP) is 5.81. The van der Waals surface area contributed by atoms with Crippen molar-refractivity contribution >= 4 is 41.4 Å². The quantitative estimate of drug-likeness (QED) is 0.280. The van der Waals surface area contributed by atoms with Gasteiger partial charge in [-0.05, 0) is 151 Å². The van der Waals surface area contributed by atoms with E-state index in [2.05, 4.69) is 0 Å². The van der Waals surface area contributed by atoms with Gasteiger partial charge in [0, 0.05) is 11.5 Å². The van der Waals surface area contributed by atoms with Crippen molar-refractivity contribution in [3.05, 3.63) is 0 Å². The van der Waals surface area contributed by atoms with Gasteiger partial charge in [0.1, 0.15) is 13.2 Å². The maximum atomic E-state index is 14.1. The lowest BCUT2D eigenvalue weighted by Gasteiger charge is -2.65. The molecular formula is C38H52O8S2. The molecule has 3 N–H and O–H groups in total. The number of hydrogen-bond acceptors (Lipinski definition) is 9. The minimum Gasteiger partial charge on any atom is -0.481 e. The fraction of sp³-hybridized carbons (Fsp3) is 0.921. The second-order valence-electron chi connectivity index (χ2n) is 19.8. The molecule has 264 valence electrons. The molecule has 0 aromatic heterocycles. The Balaban J connectivity index is 0.888. The SMILES string of the molecule is O=C(O)C12CC3CC(C1)C1(SCC(COC(=O)C45CC6CC(CC(O)(C6)C4)C5)(COC(=O)C45CC6CC(CC(O)(C6)C4)C5)CS1)C(C3)C2. The number of carboxylic acids is 1. The topological polar surface area (TPSA) is 130 Å². The number of ether oxygens (including phenoxy) is 2. The van der Waals surface area contributed by atoms with Crippen LogP contribution < -0.4 is 0 Å². The second kappa shape index (κ2) is 10.1. The zero-order valence-electron chi connectivity index (χ0n) is 28.1. The van der Waals surface area contributed by atoms with Crippen molar-refractivity contribution < 1.29 is 39.2 Å². The van der Waals surface area contributed by atoms with E-state index in [4.69, 9.17) is 9.47 Å². The summed E-state index contributed by atoms with van der Waals surface area (Å²) in [5, 5.41) is 32.9. The smallest absolute Gasteiger partial charge is 0.312 e. The highest BCUT2D eigenvalue weighted by Crippen LogP contribution is 2.72. The predicted molar refractivity (Wildman–Crippen MR) is 180 cm³/mol. The Morgan fingerprint density at radius 2 is 0.979 bits per heavy atom. The van der Waals surface area contributed by atoms with E-state index >= 15 is 0 Å². The number of rotatable bonds is 7. The Labute approximate surface area is 292 Å². The van der Waals surface area contributed by atoms with Crippen LogP contribution in [0.15, 0.2) is 0 Å². The van der Waals surface area contributed by atoms with Gasteiger partial charge in [-0.25, -0.2) is 0 Å². The summed E-state index contributed by atoms with van der Waals surface area (Å²) in [5.41, 5.74) is -3.79. The molecule has 10 heteroatoms. The van der Waals surface area contributed by atoms with Crippen LogP contribution in [-0.2, 0) is 23.9 Å². The molecule has 1 saturated heterocycles. The number of thioether (sulfide) groups is 2. The van der Waals surface area contributed by atoms with E-state index < -0.39 is 38.8 Å². The molecule has 0 aromatic carbocycles. The molecule has 12 bridgehead atoms. The van der Waals surface area contributed by atoms with E-state index in [-0.39, 0.29) is 29.2 Å². The van der Waals surface area contributed by atoms with Crippen LogP contribution in [0.25, 0.3) is 0 Å². The van der Waals surface area contributed by atoms with Crippen LogP contribution in [0.2, 0.25) is 0 Å². The summed E-state index contributed by atoms with van der Waals surface area (Å²) in [7, 11) is 0. The Hall–Kier alpha value is -0.970. The van der Waals surface area contributed by atoms with Crippen LogP contribution in [0.4, 0.5) is 0 Å². The molecule has 12 aliphatic carbocycles. The molecule has 6 atom stereocenters. The number of aliphatic carboxylic acids is 1. The maximum absolute atomic E-state index is 14.1. The van der Waals surface area contributed by atoms with Crippen molar-refractivity contribution in [2.75, 3.05) is 24.7 Å². The molecular weight excluding hydrogens is 649 g/mol. The molecule has 1 spiro atoms. The van der Waals surface area contributed by atoms with Crippen LogP contribution >= 0.6 is 23.5 Å². The summed E-state index contributed by atoms with van der Waals surface area (Å²) >= 11 is 3.89. The number of carbonyl (C=O) groups is 3. The lowest BCUT2D eigenvalue weighted by molar-refractivity contribution is -0.202. The number of carbonyl (C=O) groups excluding carboxylic acids is 2. The van der Waals surface area contributed by atoms with Crippen LogP contribution in [0.5, 0.6) is 0 Å². The molecule has 13 rings (SSSR count). The van der Waals surface area contributed by atoms with Crippen molar-refractivity contribution in [1.29, 1.82) is 0 Å². The Morgan fingerprint density at radius 3 is 1.38 bits per heavy atom. The van der Waals surface area contributed by atoms with Crippen LogP contribution in [-0.4, -0.2) is 73.2 Å². The van der Waals surface area contributed by atoms with E-state index in [0.29, 0.717) is 65.8 Å². The van der Waals surface area contributed by atoms with Crippen LogP contribution in [0.3, 0.4) is 0 Å². The number of aliphatic hydroxyl groups is 2. The number of carboxylic acid groups (broad SMARTS) is 1. The highest BCUT2D eigenvalue weighted by Gasteiger charge is 2.68. The third-order valence-electron chi connectivity index (χ3n) is 15.9. The van der Waals surface area contributed by atoms with Crippen molar-refractivity contribution in [3.63, 3.8) is 0 Å². The summed E-state index contributed by atoms with van der Waals surface area (Å²) in [6.45, 7) is 0.397. The first-order valence-corrected chi connectivity index (χ1v) is 21.0. The number of esters is 2. The molecule has 12 saturated carbocycles. The first-order valence-electron chi connectivity index (χ1n) is 19.1. The van der Waals surface area contributed by atoms with Crippen LogP contribution in [0.1, 0.15) is 109 Å². The molecule has 0 radical (unpaired) electrons. The fourth-order valence-electron chi connectivity index (χ4n) is 15.1. The summed E-state index contributed by atoms with van der Waals surface area (Å²) in [4.78, 5) is 40.6. The third kappa shape index (κ3) is 4.58. The van der Waals surface area contributed by atoms with Gasteiger partial charge in [0.25, 0.3) is 0 Å². The van der Waals surface area contributed by atoms with Crippen molar-refractivity contribution in [2.45, 2.75) is 124 Å². The van der Waals surface area contributed by atoms with Crippen molar-refractivity contribution in [1.82, 2.24) is 0 Å². The first-order chi connectivity index (χ1) is 22.8. The lowest BCUT2D eigenvalue weighted by Crippen LogP contribution is -2.62. The molecule has 0 amide bonds. The molecule has 48 heavy (non-hydrogen) atoms. The van der Waals surface area contributed by atoms with Crippen molar-refractivity contribution in [2.24, 2.45) is 63.1 Å². The summed E-state index contributed by atoms with van der Waals surface area (Å²) in [6.07, 6.45) is 14.2. The van der Waals surface area contributed by atoms with Crippen LogP contribution in [0, 0.1) is 63.1 Å². The Kier molecular flexibility index (Phi) is 6.69. The van der Waals surface area contributed by atoms with Gasteiger partial charge in [-0.1, -0.05) is 0 Å². The highest BCUT2D eigenvalue weighted by atomic mass is 32.2. The highest BCUT2D eigenvalue weighted by molar-refractivity contribution is 8.18. The zero-order chi connectivity index (χ0) is 33.0. The maximum Gasteiger partial charge on any atom is 0.312 e. The third-order valence-corrected chi connectivity index (χ3v) is 20.4. The number of hydrogen-bond donors (Lipinski definition) is 3. The molecule has 13 aliphatic rings. The molecule has 13 fully saturated rings. The average Bonchev–Trinajstić information content (AvgIpc) is 2.99. The Bertz CT molecular complexity index is 1320. The van der Waals surface area contributed by atoms with E-state index in [1.807, 2.05) is 23.5 Å². The monoisotopic (exact) mass is 700 g/mol. The van der Waals surface area contributed by atoms with Gasteiger partial charge in [0.15, 0.2) is 0 Å². The summed E-state index contributed by atoms with van der Waals surface area (Å²) in [6, 6.07) is 0. The minimum atomic E-state index is -0.742. The first kappa shape index (κ1) is 31.7. The second-order valence-corrected chi connectivity index (χ2v) is 22.6. The van der Waals surface area contributed by atoms with Gasteiger partial charge >= 0.3 is 17.9 Å². The zero-order valence-corrected chi connectivity index (χ0v) is 29.7. The standard InChI is InChI=1S/C38H52O8S2/c39-29(40)33-5-22-3-27(14-33)38(28(4-22)15-33)47-20-32(21-48-38,18-45-30(41)34-6-23-1-24(7-34)11-36(43,10-23)16-34)19-46-31(42)35-8-25-2-26(9-35)13-37(44,12-25)17-35/h22-28,43-44H,1-21H2,(H,39,40). The molecule has 8 nitrogen and oxygen atoms in total. The normalized spacial score (nSPS) is 56.5. The van der Waals surface area contributed by atoms with Gasteiger partial charge in [0.05, 0.1) is 36.9 Å². The lowest BCUT2D eigenvalue weighted by atomic mass is 9.48. The van der Waals surface area contributed by atoms with E-state index in [9.17, 15) is 29.7 Å².